The van der Waals surface area contributed by atoms with E-state index in [4.69, 9.17) is 10.5 Å². The lowest BCUT2D eigenvalue weighted by Crippen LogP contribution is -2.52. The first-order chi connectivity index (χ1) is 9.81. The molecule has 3 fully saturated rings. The van der Waals surface area contributed by atoms with E-state index >= 15 is 0 Å². The number of rotatable bonds is 3. The van der Waals surface area contributed by atoms with Crippen molar-refractivity contribution in [1.82, 2.24) is 4.90 Å². The third-order valence-corrected chi connectivity index (χ3v) is 6.50. The molecule has 116 valence electrons. The molecule has 4 heteroatoms. The summed E-state index contributed by atoms with van der Waals surface area (Å²) in [5.41, 5.74) is 5.99. The molecule has 0 saturated carbocycles. The predicted octanol–water partition coefficient (Wildman–Crippen LogP) is 2.49. The van der Waals surface area contributed by atoms with E-state index in [1.807, 2.05) is 0 Å². The van der Waals surface area contributed by atoms with E-state index < -0.39 is 0 Å². The Morgan fingerprint density at radius 1 is 1.25 bits per heavy atom. The van der Waals surface area contributed by atoms with Crippen LogP contribution in [0.2, 0.25) is 0 Å². The average Bonchev–Trinajstić information content (AvgIpc) is 2.49. The van der Waals surface area contributed by atoms with Gasteiger partial charge in [-0.25, -0.2) is 0 Å². The van der Waals surface area contributed by atoms with E-state index in [-0.39, 0.29) is 5.60 Å². The zero-order valence-corrected chi connectivity index (χ0v) is 13.5. The second kappa shape index (κ2) is 6.99. The number of nitrogens with zero attached hydrogens (tertiary/aromatic N) is 1. The number of hydrogen-bond donors (Lipinski definition) is 1. The Morgan fingerprint density at radius 3 is 2.90 bits per heavy atom. The molecule has 1 spiro atoms. The summed E-state index contributed by atoms with van der Waals surface area (Å²) in [6.45, 7) is 4.42. The van der Waals surface area contributed by atoms with Gasteiger partial charge in [-0.1, -0.05) is 0 Å². The van der Waals surface area contributed by atoms with Gasteiger partial charge in [0.15, 0.2) is 0 Å². The Hall–Kier alpha value is 0.230. The molecule has 3 aliphatic heterocycles. The highest BCUT2D eigenvalue weighted by Crippen LogP contribution is 2.39. The Kier molecular flexibility index (Phi) is 5.29. The second-order valence-electron chi connectivity index (χ2n) is 6.87. The van der Waals surface area contributed by atoms with E-state index in [2.05, 4.69) is 16.7 Å². The molecule has 2 N–H and O–H groups in total. The average molecular weight is 298 g/mol. The molecule has 0 aromatic rings. The monoisotopic (exact) mass is 298 g/mol. The van der Waals surface area contributed by atoms with Crippen molar-refractivity contribution in [2.75, 3.05) is 37.7 Å². The van der Waals surface area contributed by atoms with Crippen LogP contribution >= 0.6 is 11.8 Å². The van der Waals surface area contributed by atoms with Crippen LogP contribution in [0.25, 0.3) is 0 Å². The number of likely N-dealkylation sites (tertiary alicyclic amines) is 1. The highest BCUT2D eigenvalue weighted by molar-refractivity contribution is 7.99. The maximum atomic E-state index is 6.24. The smallest absolute Gasteiger partial charge is 0.0713 e. The van der Waals surface area contributed by atoms with Gasteiger partial charge in [0.05, 0.1) is 5.60 Å². The maximum Gasteiger partial charge on any atom is 0.0713 e. The lowest BCUT2D eigenvalue weighted by molar-refractivity contribution is -0.114. The molecule has 3 rings (SSSR count). The normalized spacial score (nSPS) is 35.2. The fourth-order valence-electron chi connectivity index (χ4n) is 4.31. The van der Waals surface area contributed by atoms with Crippen LogP contribution in [-0.4, -0.2) is 54.3 Å². The molecule has 3 aliphatic rings. The highest BCUT2D eigenvalue weighted by Gasteiger charge is 2.41. The third kappa shape index (κ3) is 3.52. The van der Waals surface area contributed by atoms with Crippen LogP contribution in [0, 0.1) is 5.92 Å². The zero-order valence-electron chi connectivity index (χ0n) is 12.7. The number of hydrogen-bond acceptors (Lipinski definition) is 4. The minimum Gasteiger partial charge on any atom is -0.375 e. The molecule has 0 aliphatic carbocycles. The number of ether oxygens (including phenoxy) is 1. The molecule has 3 nitrogen and oxygen atoms in total. The number of piperidine rings is 1. The molecular formula is C16H30N2OS. The third-order valence-electron chi connectivity index (χ3n) is 5.51. The summed E-state index contributed by atoms with van der Waals surface area (Å²) in [4.78, 5) is 2.77. The predicted molar refractivity (Wildman–Crippen MR) is 86.2 cm³/mol. The lowest BCUT2D eigenvalue weighted by atomic mass is 9.83. The molecule has 0 bridgehead atoms. The van der Waals surface area contributed by atoms with Gasteiger partial charge in [-0.15, -0.1) is 0 Å². The standard InChI is InChI=1S/C16H30N2OS/c17-7-3-14-2-1-8-18(13-14)15-4-9-19-16(12-15)5-10-20-11-6-16/h14-15H,1-13,17H2. The van der Waals surface area contributed by atoms with Crippen LogP contribution in [0.1, 0.15) is 44.9 Å². The summed E-state index contributed by atoms with van der Waals surface area (Å²) in [5, 5.41) is 0. The minimum atomic E-state index is 0.231. The minimum absolute atomic E-state index is 0.231. The number of nitrogens with two attached hydrogens (primary N) is 1. The van der Waals surface area contributed by atoms with Gasteiger partial charge in [0.25, 0.3) is 0 Å². The quantitative estimate of drug-likeness (QED) is 0.869. The first kappa shape index (κ1) is 15.1. The van der Waals surface area contributed by atoms with Gasteiger partial charge < -0.3 is 10.5 Å². The van der Waals surface area contributed by atoms with Crippen LogP contribution < -0.4 is 5.73 Å². The molecular weight excluding hydrogens is 268 g/mol. The maximum absolute atomic E-state index is 6.24. The first-order valence-corrected chi connectivity index (χ1v) is 9.63. The Morgan fingerprint density at radius 2 is 2.10 bits per heavy atom. The van der Waals surface area contributed by atoms with Crippen molar-refractivity contribution in [2.45, 2.75) is 56.6 Å². The molecule has 0 radical (unpaired) electrons. The fourth-order valence-corrected chi connectivity index (χ4v) is 5.54. The van der Waals surface area contributed by atoms with E-state index in [1.54, 1.807) is 0 Å². The van der Waals surface area contributed by atoms with E-state index in [0.717, 1.165) is 25.1 Å². The van der Waals surface area contributed by atoms with Crippen LogP contribution in [0.4, 0.5) is 0 Å². The Balaban J connectivity index is 1.58. The van der Waals surface area contributed by atoms with Crippen LogP contribution in [0.3, 0.4) is 0 Å². The Labute approximate surface area is 128 Å². The molecule has 0 aromatic heterocycles. The summed E-state index contributed by atoms with van der Waals surface area (Å²) >= 11 is 2.10. The van der Waals surface area contributed by atoms with Crippen molar-refractivity contribution in [3.05, 3.63) is 0 Å². The summed E-state index contributed by atoms with van der Waals surface area (Å²) in [5.74, 6) is 3.43. The molecule has 3 saturated heterocycles. The molecule has 0 aromatic carbocycles. The SMILES string of the molecule is NCCC1CCCN(C2CCOC3(CCSCC3)C2)C1. The van der Waals surface area contributed by atoms with Crippen molar-refractivity contribution >= 4 is 11.8 Å². The van der Waals surface area contributed by atoms with Gasteiger partial charge >= 0.3 is 0 Å². The van der Waals surface area contributed by atoms with Crippen LogP contribution in [-0.2, 0) is 4.74 Å². The van der Waals surface area contributed by atoms with E-state index in [0.29, 0.717) is 0 Å². The van der Waals surface area contributed by atoms with Gasteiger partial charge in [-0.2, -0.15) is 11.8 Å². The van der Waals surface area contributed by atoms with Crippen molar-refractivity contribution in [3.8, 4) is 0 Å². The van der Waals surface area contributed by atoms with Crippen molar-refractivity contribution in [1.29, 1.82) is 0 Å². The molecule has 2 atom stereocenters. The lowest BCUT2D eigenvalue weighted by Gasteiger charge is -2.48. The second-order valence-corrected chi connectivity index (χ2v) is 8.10. The van der Waals surface area contributed by atoms with Crippen molar-refractivity contribution < 1.29 is 4.74 Å². The molecule has 2 unspecified atom stereocenters. The zero-order chi connectivity index (χ0) is 13.8. The topological polar surface area (TPSA) is 38.5 Å². The van der Waals surface area contributed by atoms with Gasteiger partial charge in [-0.05, 0) is 75.5 Å². The van der Waals surface area contributed by atoms with Gasteiger partial charge in [0, 0.05) is 19.2 Å². The summed E-state index contributed by atoms with van der Waals surface area (Å²) < 4.78 is 6.24. The van der Waals surface area contributed by atoms with Gasteiger partial charge in [0.1, 0.15) is 0 Å². The van der Waals surface area contributed by atoms with Crippen LogP contribution in [0.15, 0.2) is 0 Å². The molecule has 20 heavy (non-hydrogen) atoms. The van der Waals surface area contributed by atoms with Gasteiger partial charge in [0.2, 0.25) is 0 Å². The highest BCUT2D eigenvalue weighted by atomic mass is 32.2. The molecule has 0 amide bonds. The Bertz CT molecular complexity index is 299. The van der Waals surface area contributed by atoms with Crippen LogP contribution in [0.5, 0.6) is 0 Å². The van der Waals surface area contributed by atoms with Crippen molar-refractivity contribution in [3.63, 3.8) is 0 Å². The largest absolute Gasteiger partial charge is 0.375 e. The van der Waals surface area contributed by atoms with Gasteiger partial charge in [-0.3, -0.25) is 4.90 Å². The fraction of sp³-hybridized carbons (Fsp3) is 1.00. The molecule has 3 heterocycles. The summed E-state index contributed by atoms with van der Waals surface area (Å²) in [7, 11) is 0. The number of thioether (sulfide) groups is 1. The van der Waals surface area contributed by atoms with E-state index in [1.165, 1.54) is 69.5 Å². The first-order valence-electron chi connectivity index (χ1n) is 8.47. The van der Waals surface area contributed by atoms with Crippen molar-refractivity contribution in [2.24, 2.45) is 11.7 Å². The van der Waals surface area contributed by atoms with E-state index in [9.17, 15) is 0 Å². The summed E-state index contributed by atoms with van der Waals surface area (Å²) in [6, 6.07) is 0.771. The summed E-state index contributed by atoms with van der Waals surface area (Å²) in [6.07, 6.45) is 9.03.